The van der Waals surface area contributed by atoms with Crippen LogP contribution in [0.2, 0.25) is 0 Å². The first kappa shape index (κ1) is 17.9. The first-order valence-corrected chi connectivity index (χ1v) is 9.34. The van der Waals surface area contributed by atoms with E-state index in [1.54, 1.807) is 13.3 Å². The van der Waals surface area contributed by atoms with E-state index < -0.39 is 0 Å². The van der Waals surface area contributed by atoms with Crippen LogP contribution in [0.15, 0.2) is 48.7 Å². The van der Waals surface area contributed by atoms with Gasteiger partial charge < -0.3 is 15.4 Å². The number of aromatic nitrogens is 1. The summed E-state index contributed by atoms with van der Waals surface area (Å²) in [5, 5.41) is 6.57. The second-order valence-corrected chi connectivity index (χ2v) is 6.97. The van der Waals surface area contributed by atoms with Crippen molar-refractivity contribution >= 4 is 5.91 Å². The summed E-state index contributed by atoms with van der Waals surface area (Å²) in [5.41, 5.74) is 8.12. The van der Waals surface area contributed by atoms with Crippen molar-refractivity contribution in [2.75, 3.05) is 20.2 Å². The molecule has 4 rings (SSSR count). The number of benzene rings is 1. The van der Waals surface area contributed by atoms with Gasteiger partial charge in [-0.2, -0.15) is 0 Å². The van der Waals surface area contributed by atoms with Gasteiger partial charge in [0, 0.05) is 30.3 Å². The van der Waals surface area contributed by atoms with Gasteiger partial charge in [0.2, 0.25) is 5.91 Å². The Hall–Kier alpha value is -2.48. The molecule has 3 heterocycles. The molecule has 1 amide bonds. The predicted octanol–water partition coefficient (Wildman–Crippen LogP) is 0.750. The van der Waals surface area contributed by atoms with Crippen molar-refractivity contribution in [3.63, 3.8) is 0 Å². The van der Waals surface area contributed by atoms with Crippen LogP contribution in [0.3, 0.4) is 0 Å². The van der Waals surface area contributed by atoms with Crippen LogP contribution in [-0.4, -0.2) is 43.2 Å². The predicted molar refractivity (Wildman–Crippen MR) is 102 cm³/mol. The summed E-state index contributed by atoms with van der Waals surface area (Å²) in [4.78, 5) is 17.6. The molecule has 2 saturated heterocycles. The van der Waals surface area contributed by atoms with Crippen LogP contribution in [0.1, 0.15) is 23.7 Å². The largest absolute Gasteiger partial charge is 0.496 e. The highest BCUT2D eigenvalue weighted by molar-refractivity contribution is 5.83. The molecule has 0 saturated carbocycles. The van der Waals surface area contributed by atoms with Crippen molar-refractivity contribution < 1.29 is 9.53 Å². The van der Waals surface area contributed by atoms with Gasteiger partial charge in [-0.3, -0.25) is 15.2 Å². The molecule has 0 spiro atoms. The van der Waals surface area contributed by atoms with E-state index >= 15 is 0 Å². The molecule has 0 bridgehead atoms. The highest BCUT2D eigenvalue weighted by Gasteiger charge is 2.41. The lowest BCUT2D eigenvalue weighted by molar-refractivity contribution is -0.124. The Bertz CT molecular complexity index is 785. The normalized spacial score (nSPS) is 25.4. The summed E-state index contributed by atoms with van der Waals surface area (Å²) in [5.74, 6) is 0.907. The SMILES string of the molecule is COc1ccccc1C(NC(=O)C1NNC2CCNCC21)c1ccccn1. The summed E-state index contributed by atoms with van der Waals surface area (Å²) in [6.45, 7) is 1.80. The van der Waals surface area contributed by atoms with Gasteiger partial charge >= 0.3 is 0 Å². The monoisotopic (exact) mass is 367 g/mol. The maximum absolute atomic E-state index is 13.1. The van der Waals surface area contributed by atoms with Crippen molar-refractivity contribution in [1.29, 1.82) is 0 Å². The molecular weight excluding hydrogens is 342 g/mol. The maximum atomic E-state index is 13.1. The Labute approximate surface area is 158 Å². The number of hydrogen-bond donors (Lipinski definition) is 4. The van der Waals surface area contributed by atoms with Gasteiger partial charge in [0.15, 0.2) is 0 Å². The Morgan fingerprint density at radius 3 is 2.89 bits per heavy atom. The molecule has 4 atom stereocenters. The Morgan fingerprint density at radius 2 is 2.07 bits per heavy atom. The van der Waals surface area contributed by atoms with E-state index in [1.165, 1.54) is 0 Å². The van der Waals surface area contributed by atoms with Gasteiger partial charge in [0.25, 0.3) is 0 Å². The molecule has 142 valence electrons. The standard InChI is InChI=1S/C20H25N5O2/c1-27-17-8-3-2-6-13(17)18(16-7-4-5-10-22-16)23-20(26)19-14-12-21-11-9-15(14)24-25-19/h2-8,10,14-15,18-19,21,24-25H,9,11-12H2,1H3,(H,23,26). The lowest BCUT2D eigenvalue weighted by Gasteiger charge is -2.29. The van der Waals surface area contributed by atoms with E-state index in [-0.39, 0.29) is 23.9 Å². The molecule has 0 radical (unpaired) electrons. The Kier molecular flexibility index (Phi) is 5.33. The number of para-hydroxylation sites is 1. The number of fused-ring (bicyclic) bond motifs is 1. The molecule has 2 aliphatic rings. The quantitative estimate of drug-likeness (QED) is 0.624. The minimum atomic E-state index is -0.382. The number of ether oxygens (including phenoxy) is 1. The second kappa shape index (κ2) is 8.04. The third-order valence-corrected chi connectivity index (χ3v) is 5.38. The lowest BCUT2D eigenvalue weighted by atomic mass is 9.88. The molecule has 1 aromatic heterocycles. The van der Waals surface area contributed by atoms with Crippen molar-refractivity contribution in [1.82, 2.24) is 26.5 Å². The summed E-state index contributed by atoms with van der Waals surface area (Å²) >= 11 is 0. The Balaban J connectivity index is 1.61. The molecule has 0 aliphatic carbocycles. The molecular formula is C20H25N5O2. The number of hydrazine groups is 1. The molecule has 27 heavy (non-hydrogen) atoms. The minimum absolute atomic E-state index is 0.0414. The topological polar surface area (TPSA) is 87.3 Å². The molecule has 2 aliphatic heterocycles. The number of hydrogen-bond acceptors (Lipinski definition) is 6. The van der Waals surface area contributed by atoms with Gasteiger partial charge in [0.05, 0.1) is 12.8 Å². The first-order chi connectivity index (χ1) is 13.3. The first-order valence-electron chi connectivity index (χ1n) is 9.34. The van der Waals surface area contributed by atoms with Gasteiger partial charge in [-0.25, -0.2) is 5.43 Å². The minimum Gasteiger partial charge on any atom is -0.496 e. The van der Waals surface area contributed by atoms with Crippen LogP contribution in [-0.2, 0) is 4.79 Å². The summed E-state index contributed by atoms with van der Waals surface area (Å²) in [6, 6.07) is 13.1. The van der Waals surface area contributed by atoms with Crippen molar-refractivity contribution in [2.45, 2.75) is 24.5 Å². The Morgan fingerprint density at radius 1 is 1.22 bits per heavy atom. The number of nitrogens with one attached hydrogen (secondary N) is 4. The van der Waals surface area contributed by atoms with Gasteiger partial charge in [-0.1, -0.05) is 24.3 Å². The van der Waals surface area contributed by atoms with E-state index in [0.29, 0.717) is 6.04 Å². The maximum Gasteiger partial charge on any atom is 0.239 e. The van der Waals surface area contributed by atoms with Crippen LogP contribution in [0.5, 0.6) is 5.75 Å². The third-order valence-electron chi connectivity index (χ3n) is 5.38. The highest BCUT2D eigenvalue weighted by atomic mass is 16.5. The average molecular weight is 367 g/mol. The summed E-state index contributed by atoms with van der Waals surface area (Å²) in [6.07, 6.45) is 2.75. The number of carbonyl (C=O) groups is 1. The van der Waals surface area contributed by atoms with E-state index in [9.17, 15) is 4.79 Å². The average Bonchev–Trinajstić information content (AvgIpc) is 3.17. The third kappa shape index (κ3) is 3.66. The van der Waals surface area contributed by atoms with Crippen molar-refractivity contribution in [3.8, 4) is 5.75 Å². The summed E-state index contributed by atoms with van der Waals surface area (Å²) in [7, 11) is 1.64. The lowest BCUT2D eigenvalue weighted by Crippen LogP contribution is -2.50. The zero-order valence-electron chi connectivity index (χ0n) is 15.3. The number of nitrogens with zero attached hydrogens (tertiary/aromatic N) is 1. The van der Waals surface area contributed by atoms with Crippen LogP contribution in [0.25, 0.3) is 0 Å². The summed E-state index contributed by atoms with van der Waals surface area (Å²) < 4.78 is 5.52. The fourth-order valence-corrected chi connectivity index (χ4v) is 3.97. The molecule has 4 unspecified atom stereocenters. The van der Waals surface area contributed by atoms with Gasteiger partial charge in [-0.05, 0) is 31.2 Å². The zero-order valence-corrected chi connectivity index (χ0v) is 15.3. The zero-order chi connectivity index (χ0) is 18.6. The number of amides is 1. The van der Waals surface area contributed by atoms with E-state index in [4.69, 9.17) is 4.74 Å². The number of carbonyl (C=O) groups excluding carboxylic acids is 1. The number of rotatable bonds is 5. The van der Waals surface area contributed by atoms with Crippen molar-refractivity contribution in [2.24, 2.45) is 5.92 Å². The fraction of sp³-hybridized carbons (Fsp3) is 0.400. The molecule has 2 aromatic rings. The van der Waals surface area contributed by atoms with Gasteiger partial charge in [-0.15, -0.1) is 0 Å². The highest BCUT2D eigenvalue weighted by Crippen LogP contribution is 2.29. The van der Waals surface area contributed by atoms with E-state index in [0.717, 1.165) is 36.5 Å². The molecule has 2 fully saturated rings. The number of methoxy groups -OCH3 is 1. The number of piperidine rings is 1. The second-order valence-electron chi connectivity index (χ2n) is 6.97. The molecule has 1 aromatic carbocycles. The van der Waals surface area contributed by atoms with Crippen LogP contribution >= 0.6 is 0 Å². The number of pyridine rings is 1. The fourth-order valence-electron chi connectivity index (χ4n) is 3.97. The molecule has 7 nitrogen and oxygen atoms in total. The molecule has 7 heteroatoms. The van der Waals surface area contributed by atoms with Crippen LogP contribution in [0.4, 0.5) is 0 Å². The van der Waals surface area contributed by atoms with Crippen molar-refractivity contribution in [3.05, 3.63) is 59.9 Å². The van der Waals surface area contributed by atoms with Crippen LogP contribution in [0, 0.1) is 5.92 Å². The molecule has 4 N–H and O–H groups in total. The van der Waals surface area contributed by atoms with E-state index in [2.05, 4.69) is 26.5 Å². The van der Waals surface area contributed by atoms with E-state index in [1.807, 2.05) is 42.5 Å². The van der Waals surface area contributed by atoms with Gasteiger partial charge in [0.1, 0.15) is 17.8 Å². The smallest absolute Gasteiger partial charge is 0.239 e. The van der Waals surface area contributed by atoms with Crippen LogP contribution < -0.4 is 26.2 Å².